The summed E-state index contributed by atoms with van der Waals surface area (Å²) in [6.07, 6.45) is 7.69. The first-order chi connectivity index (χ1) is 18.8. The molecule has 0 unspecified atom stereocenters. The number of nitrogens with one attached hydrogen (secondary N) is 2. The molecular formula is C30H35N3O5S. The summed E-state index contributed by atoms with van der Waals surface area (Å²) in [4.78, 5) is 44.9. The number of hydrogen-bond acceptors (Lipinski definition) is 7. The van der Waals surface area contributed by atoms with Crippen LogP contribution in [0.2, 0.25) is 0 Å². The Bertz CT molecular complexity index is 1310. The van der Waals surface area contributed by atoms with Crippen molar-refractivity contribution in [2.45, 2.75) is 53.0 Å². The van der Waals surface area contributed by atoms with Gasteiger partial charge in [-0.15, -0.1) is 11.3 Å². The number of rotatable bonds is 14. The van der Waals surface area contributed by atoms with E-state index in [9.17, 15) is 14.4 Å². The zero-order valence-corrected chi connectivity index (χ0v) is 23.6. The van der Waals surface area contributed by atoms with Crippen LogP contribution in [-0.4, -0.2) is 40.8 Å². The second-order valence-corrected chi connectivity index (χ2v) is 9.93. The van der Waals surface area contributed by atoms with Crippen molar-refractivity contribution in [2.24, 2.45) is 0 Å². The number of amides is 1. The Morgan fingerprint density at radius 2 is 1.90 bits per heavy atom. The maximum absolute atomic E-state index is 12.9. The molecule has 9 heteroatoms. The number of thiazole rings is 1. The molecule has 0 bridgehead atoms. The van der Waals surface area contributed by atoms with Gasteiger partial charge in [0.25, 0.3) is 11.7 Å². The maximum Gasteiger partial charge on any atom is 0.333 e. The second kappa shape index (κ2) is 14.8. The van der Waals surface area contributed by atoms with Crippen LogP contribution < -0.4 is 10.1 Å². The molecule has 1 amide bonds. The standard InChI is InChI=1S/C30H35N3O5S/c1-5-7-15-38-24-12-10-22(11-13-24)18-26(33-28(35)27(34)25-9-8-14-31-25)29-32-23(19-39-29)17-20(3)16-21(4)30(36)37-6-2/h8-14,16-17,19,26,31H,5-7,15,18H2,1-4H3,(H,33,35)/b20-17+,21-16-/t26-/m0/s1. The Balaban J connectivity index is 1.80. The van der Waals surface area contributed by atoms with Crippen LogP contribution in [0.15, 0.2) is 65.2 Å². The molecule has 8 nitrogen and oxygen atoms in total. The topological polar surface area (TPSA) is 110 Å². The first-order valence-corrected chi connectivity index (χ1v) is 13.9. The van der Waals surface area contributed by atoms with E-state index in [0.717, 1.165) is 29.7 Å². The van der Waals surface area contributed by atoms with Gasteiger partial charge in [-0.3, -0.25) is 9.59 Å². The summed E-state index contributed by atoms with van der Waals surface area (Å²) >= 11 is 1.39. The molecule has 0 aliphatic rings. The van der Waals surface area contributed by atoms with Crippen molar-refractivity contribution in [2.75, 3.05) is 13.2 Å². The van der Waals surface area contributed by atoms with Gasteiger partial charge in [-0.2, -0.15) is 0 Å². The normalized spacial score (nSPS) is 12.6. The van der Waals surface area contributed by atoms with Crippen LogP contribution in [0.3, 0.4) is 0 Å². The van der Waals surface area contributed by atoms with Crippen molar-refractivity contribution in [1.82, 2.24) is 15.3 Å². The van der Waals surface area contributed by atoms with Gasteiger partial charge in [0.2, 0.25) is 0 Å². The number of H-pyrrole nitrogens is 1. The van der Waals surface area contributed by atoms with Gasteiger partial charge in [0, 0.05) is 17.2 Å². The summed E-state index contributed by atoms with van der Waals surface area (Å²) in [5.74, 6) is -0.922. The van der Waals surface area contributed by atoms with Gasteiger partial charge in [0.1, 0.15) is 10.8 Å². The van der Waals surface area contributed by atoms with E-state index in [1.165, 1.54) is 11.3 Å². The minimum atomic E-state index is -0.710. The highest BCUT2D eigenvalue weighted by Crippen LogP contribution is 2.25. The molecule has 1 aromatic carbocycles. The monoisotopic (exact) mass is 549 g/mol. The number of benzene rings is 1. The number of hydrogen-bond donors (Lipinski definition) is 2. The molecule has 39 heavy (non-hydrogen) atoms. The predicted octanol–water partition coefficient (Wildman–Crippen LogP) is 5.85. The van der Waals surface area contributed by atoms with E-state index < -0.39 is 17.7 Å². The van der Waals surface area contributed by atoms with E-state index in [4.69, 9.17) is 14.5 Å². The molecule has 0 aliphatic heterocycles. The molecule has 0 saturated heterocycles. The molecule has 0 fully saturated rings. The van der Waals surface area contributed by atoms with Crippen LogP contribution in [0.4, 0.5) is 0 Å². The quantitative estimate of drug-likeness (QED) is 0.0652. The minimum absolute atomic E-state index is 0.224. The van der Waals surface area contributed by atoms with Crippen molar-refractivity contribution in [1.29, 1.82) is 0 Å². The molecule has 206 valence electrons. The van der Waals surface area contributed by atoms with E-state index in [-0.39, 0.29) is 11.7 Å². The van der Waals surface area contributed by atoms with Gasteiger partial charge in [-0.1, -0.05) is 25.5 Å². The van der Waals surface area contributed by atoms with Crippen LogP contribution in [0.25, 0.3) is 6.08 Å². The summed E-state index contributed by atoms with van der Waals surface area (Å²) < 4.78 is 10.8. The third-order valence-electron chi connectivity index (χ3n) is 5.74. The summed E-state index contributed by atoms with van der Waals surface area (Å²) in [5, 5.41) is 5.41. The fourth-order valence-electron chi connectivity index (χ4n) is 3.76. The van der Waals surface area contributed by atoms with Crippen LogP contribution in [0, 0.1) is 0 Å². The fraction of sp³-hybridized carbons (Fsp3) is 0.333. The van der Waals surface area contributed by atoms with Crippen molar-refractivity contribution >= 4 is 35.1 Å². The Labute approximate surface area is 233 Å². The van der Waals surface area contributed by atoms with Gasteiger partial charge in [-0.25, -0.2) is 9.78 Å². The molecule has 2 heterocycles. The molecule has 0 aliphatic carbocycles. The third kappa shape index (κ3) is 9.07. The van der Waals surface area contributed by atoms with Crippen LogP contribution in [0.1, 0.15) is 73.3 Å². The minimum Gasteiger partial charge on any atom is -0.494 e. The molecule has 0 spiro atoms. The highest BCUT2D eigenvalue weighted by atomic mass is 32.1. The first kappa shape index (κ1) is 29.6. The van der Waals surface area contributed by atoms with E-state index >= 15 is 0 Å². The highest BCUT2D eigenvalue weighted by molar-refractivity contribution is 7.09. The number of ketones is 1. The molecular weight excluding hydrogens is 514 g/mol. The van der Waals surface area contributed by atoms with Crippen LogP contribution in [0.5, 0.6) is 5.75 Å². The van der Waals surface area contributed by atoms with Gasteiger partial charge in [-0.05, 0) is 81.2 Å². The number of aromatic nitrogens is 2. The summed E-state index contributed by atoms with van der Waals surface area (Å²) in [7, 11) is 0. The lowest BCUT2D eigenvalue weighted by molar-refractivity contribution is -0.138. The Morgan fingerprint density at radius 1 is 1.13 bits per heavy atom. The average molecular weight is 550 g/mol. The number of allylic oxidation sites excluding steroid dienone is 2. The average Bonchev–Trinajstić information content (AvgIpc) is 3.62. The lowest BCUT2D eigenvalue weighted by Crippen LogP contribution is -2.35. The van der Waals surface area contributed by atoms with E-state index in [0.29, 0.717) is 35.9 Å². The van der Waals surface area contributed by atoms with Crippen LogP contribution >= 0.6 is 11.3 Å². The number of nitrogens with zero attached hydrogens (tertiary/aromatic N) is 1. The lowest BCUT2D eigenvalue weighted by atomic mass is 10.1. The van der Waals surface area contributed by atoms with Crippen molar-refractivity contribution in [3.8, 4) is 5.75 Å². The van der Waals surface area contributed by atoms with E-state index in [1.54, 1.807) is 38.3 Å². The van der Waals surface area contributed by atoms with Crippen molar-refractivity contribution in [3.05, 3.63) is 87.2 Å². The van der Waals surface area contributed by atoms with Gasteiger partial charge in [0.05, 0.1) is 30.6 Å². The third-order valence-corrected chi connectivity index (χ3v) is 6.72. The largest absolute Gasteiger partial charge is 0.494 e. The molecule has 1 atom stereocenters. The molecule has 2 N–H and O–H groups in total. The van der Waals surface area contributed by atoms with Gasteiger partial charge >= 0.3 is 5.97 Å². The van der Waals surface area contributed by atoms with E-state index in [2.05, 4.69) is 17.2 Å². The van der Waals surface area contributed by atoms with Gasteiger partial charge < -0.3 is 19.8 Å². The molecule has 2 aromatic heterocycles. The smallest absolute Gasteiger partial charge is 0.333 e. The molecule has 3 aromatic rings. The SMILES string of the molecule is CCCCOc1ccc(C[C@H](NC(=O)C(=O)c2ccc[nH]2)c2nc(/C=C(C)/C=C(/C)C(=O)OCC)cs2)cc1. The molecule has 3 rings (SSSR count). The number of carbonyl (C=O) groups is 3. The number of carbonyl (C=O) groups excluding carboxylic acids is 3. The molecule has 0 saturated carbocycles. The Kier molecular flexibility index (Phi) is 11.2. The lowest BCUT2D eigenvalue weighted by Gasteiger charge is -2.16. The van der Waals surface area contributed by atoms with Crippen molar-refractivity contribution < 1.29 is 23.9 Å². The first-order valence-electron chi connectivity index (χ1n) is 13.0. The number of unbranched alkanes of at least 4 members (excludes halogenated alkanes) is 1. The van der Waals surface area contributed by atoms with Crippen LogP contribution in [-0.2, 0) is 20.7 Å². The second-order valence-electron chi connectivity index (χ2n) is 9.04. The number of ether oxygens (including phenoxy) is 2. The fourth-order valence-corrected chi connectivity index (χ4v) is 4.58. The summed E-state index contributed by atoms with van der Waals surface area (Å²) in [5.41, 5.74) is 3.21. The Hall–Kier alpha value is -3.98. The number of Topliss-reactive ketones (excluding diaryl/α,β-unsaturated/α-hetero) is 1. The number of aromatic amines is 1. The summed E-state index contributed by atoms with van der Waals surface area (Å²) in [6, 6.07) is 10.4. The maximum atomic E-state index is 12.9. The summed E-state index contributed by atoms with van der Waals surface area (Å²) in [6.45, 7) is 8.44. The zero-order chi connectivity index (χ0) is 28.2. The zero-order valence-electron chi connectivity index (χ0n) is 22.8. The van der Waals surface area contributed by atoms with Gasteiger partial charge in [0.15, 0.2) is 0 Å². The Morgan fingerprint density at radius 3 is 2.56 bits per heavy atom. The highest BCUT2D eigenvalue weighted by Gasteiger charge is 2.24. The van der Waals surface area contributed by atoms with Crippen molar-refractivity contribution in [3.63, 3.8) is 0 Å². The molecule has 0 radical (unpaired) electrons. The number of esters is 1. The predicted molar refractivity (Wildman–Crippen MR) is 153 cm³/mol. The van der Waals surface area contributed by atoms with E-state index in [1.807, 2.05) is 42.6 Å².